The van der Waals surface area contributed by atoms with Crippen molar-refractivity contribution < 1.29 is 0 Å². The number of hydrogen-bond donors (Lipinski definition) is 1. The fourth-order valence-electron chi connectivity index (χ4n) is 4.56. The molecule has 8 heteroatoms. The summed E-state index contributed by atoms with van der Waals surface area (Å²) in [7, 11) is 2.15. The van der Waals surface area contributed by atoms with Gasteiger partial charge in [0.05, 0.1) is 17.9 Å². The van der Waals surface area contributed by atoms with Crippen LogP contribution in [0.2, 0.25) is 0 Å². The summed E-state index contributed by atoms with van der Waals surface area (Å²) in [6, 6.07) is 10.6. The molecule has 2 aliphatic rings. The van der Waals surface area contributed by atoms with Crippen molar-refractivity contribution in [1.29, 1.82) is 0 Å². The van der Waals surface area contributed by atoms with Crippen LogP contribution in [0.1, 0.15) is 11.1 Å². The number of nitrogens with two attached hydrogens (primary N) is 1. The van der Waals surface area contributed by atoms with Crippen LogP contribution in [0.25, 0.3) is 11.3 Å². The molecular weight excluding hydrogens is 412 g/mol. The number of aromatic nitrogens is 4. The van der Waals surface area contributed by atoms with Gasteiger partial charge < -0.3 is 20.4 Å². The van der Waals surface area contributed by atoms with Gasteiger partial charge in [-0.05, 0) is 36.7 Å². The van der Waals surface area contributed by atoms with E-state index in [1.54, 1.807) is 6.20 Å². The molecule has 2 N–H and O–H groups in total. The first kappa shape index (κ1) is 21.2. The molecule has 0 unspecified atom stereocenters. The number of benzene rings is 1. The van der Waals surface area contributed by atoms with Gasteiger partial charge in [0.25, 0.3) is 0 Å². The fourth-order valence-corrected chi connectivity index (χ4v) is 4.56. The molecule has 170 valence electrons. The molecular formula is C25H30N8. The lowest BCUT2D eigenvalue weighted by Gasteiger charge is -2.33. The first-order chi connectivity index (χ1) is 16.1. The van der Waals surface area contributed by atoms with E-state index < -0.39 is 0 Å². The van der Waals surface area contributed by atoms with E-state index in [1.165, 1.54) is 11.1 Å². The summed E-state index contributed by atoms with van der Waals surface area (Å²) in [6.07, 6.45) is 4.74. The average Bonchev–Trinajstić information content (AvgIpc) is 3.35. The van der Waals surface area contributed by atoms with Crippen molar-refractivity contribution >= 4 is 11.8 Å². The first-order valence-corrected chi connectivity index (χ1v) is 11.4. The third kappa shape index (κ3) is 4.62. The molecule has 1 fully saturated rings. The van der Waals surface area contributed by atoms with Gasteiger partial charge in [0.2, 0.25) is 5.95 Å². The van der Waals surface area contributed by atoms with Crippen LogP contribution in [0.4, 0.5) is 11.8 Å². The van der Waals surface area contributed by atoms with E-state index in [-0.39, 0.29) is 0 Å². The minimum atomic E-state index is 0.317. The third-order valence-corrected chi connectivity index (χ3v) is 6.53. The second kappa shape index (κ2) is 9.10. The van der Waals surface area contributed by atoms with E-state index in [1.807, 2.05) is 16.9 Å². The summed E-state index contributed by atoms with van der Waals surface area (Å²) < 4.78 is 1.91. The maximum atomic E-state index is 6.12. The molecule has 0 atom stereocenters. The molecule has 33 heavy (non-hydrogen) atoms. The highest BCUT2D eigenvalue weighted by Gasteiger charge is 2.21. The number of nitrogens with zero attached hydrogens (tertiary/aromatic N) is 7. The molecule has 2 aromatic heterocycles. The number of rotatable bonds is 5. The predicted octanol–water partition coefficient (Wildman–Crippen LogP) is 2.40. The summed E-state index contributed by atoms with van der Waals surface area (Å²) in [5.74, 6) is 1.22. The zero-order chi connectivity index (χ0) is 22.8. The van der Waals surface area contributed by atoms with Gasteiger partial charge in [0.1, 0.15) is 5.82 Å². The Labute approximate surface area is 194 Å². The maximum Gasteiger partial charge on any atom is 0.222 e. The monoisotopic (exact) mass is 442 g/mol. The van der Waals surface area contributed by atoms with Gasteiger partial charge in [0.15, 0.2) is 0 Å². The fraction of sp³-hybridized carbons (Fsp3) is 0.360. The Morgan fingerprint density at radius 2 is 1.94 bits per heavy atom. The van der Waals surface area contributed by atoms with Crippen molar-refractivity contribution in [3.63, 3.8) is 0 Å². The van der Waals surface area contributed by atoms with E-state index in [9.17, 15) is 0 Å². The highest BCUT2D eigenvalue weighted by molar-refractivity contribution is 5.66. The van der Waals surface area contributed by atoms with Crippen LogP contribution in [0.5, 0.6) is 0 Å². The molecule has 0 spiro atoms. The molecule has 8 nitrogen and oxygen atoms in total. The Balaban J connectivity index is 1.39. The van der Waals surface area contributed by atoms with Crippen LogP contribution in [0.3, 0.4) is 0 Å². The van der Waals surface area contributed by atoms with Crippen LogP contribution in [-0.2, 0) is 19.5 Å². The number of piperazine rings is 1. The third-order valence-electron chi connectivity index (χ3n) is 6.53. The van der Waals surface area contributed by atoms with Gasteiger partial charge in [-0.15, -0.1) is 5.73 Å². The van der Waals surface area contributed by atoms with Gasteiger partial charge in [0, 0.05) is 63.3 Å². The number of allylic oxidation sites excluding steroid dienone is 1. The van der Waals surface area contributed by atoms with E-state index in [4.69, 9.17) is 5.73 Å². The average molecular weight is 443 g/mol. The van der Waals surface area contributed by atoms with E-state index >= 15 is 0 Å². The second-order valence-electron chi connectivity index (χ2n) is 8.74. The Kier molecular flexibility index (Phi) is 5.86. The van der Waals surface area contributed by atoms with Crippen molar-refractivity contribution in [2.75, 3.05) is 50.4 Å². The van der Waals surface area contributed by atoms with Crippen LogP contribution in [0.15, 0.2) is 60.7 Å². The zero-order valence-electron chi connectivity index (χ0n) is 19.1. The van der Waals surface area contributed by atoms with Crippen molar-refractivity contribution in [2.24, 2.45) is 0 Å². The standard InChI is InChI=1S/C25H30N8/c1-3-22(18-33-9-4-8-27-33)32-10-7-19-5-6-20(15-21(19)17-32)23-16-24(29-25(26)28-23)31-13-11-30(2)12-14-31/h4-6,8-9,15-16H,1,7,10-14,17-18H2,2H3,(H2,26,28,29). The number of hydrogen-bond acceptors (Lipinski definition) is 7. The van der Waals surface area contributed by atoms with Gasteiger partial charge in [-0.1, -0.05) is 18.7 Å². The minimum Gasteiger partial charge on any atom is -0.368 e. The van der Waals surface area contributed by atoms with Crippen LogP contribution < -0.4 is 10.6 Å². The number of nitrogen functional groups attached to an aromatic ring is 1. The Hall–Kier alpha value is -3.61. The number of likely N-dealkylation sites (N-methyl/N-ethyl adjacent to an activating group) is 1. The van der Waals surface area contributed by atoms with Crippen LogP contribution >= 0.6 is 0 Å². The number of fused-ring (bicyclic) bond motifs is 1. The lowest BCUT2D eigenvalue weighted by atomic mass is 9.96. The van der Waals surface area contributed by atoms with Gasteiger partial charge >= 0.3 is 0 Å². The normalized spacial score (nSPS) is 16.4. The zero-order valence-corrected chi connectivity index (χ0v) is 19.1. The topological polar surface area (TPSA) is 79.3 Å². The summed E-state index contributed by atoms with van der Waals surface area (Å²) in [6.45, 7) is 10.3. The Bertz CT molecular complexity index is 1170. The van der Waals surface area contributed by atoms with Gasteiger partial charge in [-0.25, -0.2) is 4.98 Å². The summed E-state index contributed by atoms with van der Waals surface area (Å²) in [4.78, 5) is 16.0. The van der Waals surface area contributed by atoms with Crippen molar-refractivity contribution in [3.8, 4) is 11.3 Å². The predicted molar refractivity (Wildman–Crippen MR) is 131 cm³/mol. The molecule has 0 amide bonds. The highest BCUT2D eigenvalue weighted by atomic mass is 15.3. The van der Waals surface area contributed by atoms with Crippen molar-refractivity contribution in [2.45, 2.75) is 19.5 Å². The molecule has 0 radical (unpaired) electrons. The van der Waals surface area contributed by atoms with Crippen LogP contribution in [-0.4, -0.2) is 69.3 Å². The lowest BCUT2D eigenvalue weighted by molar-refractivity contribution is 0.303. The van der Waals surface area contributed by atoms with E-state index in [0.29, 0.717) is 12.5 Å². The maximum absolute atomic E-state index is 6.12. The summed E-state index contributed by atoms with van der Waals surface area (Å²) in [5.41, 5.74) is 14.9. The van der Waals surface area contributed by atoms with Crippen molar-refractivity contribution in [3.05, 3.63) is 71.9 Å². The van der Waals surface area contributed by atoms with E-state index in [0.717, 1.165) is 68.5 Å². The SMILES string of the molecule is C=C=C(Cn1cccn1)N1CCc2ccc(-c3cc(N4CCN(C)CC4)nc(N)n3)cc2C1. The summed E-state index contributed by atoms with van der Waals surface area (Å²) >= 11 is 0. The Morgan fingerprint density at radius 3 is 2.70 bits per heavy atom. The molecule has 0 bridgehead atoms. The first-order valence-electron chi connectivity index (χ1n) is 11.4. The minimum absolute atomic E-state index is 0.317. The quantitative estimate of drug-likeness (QED) is 0.608. The largest absolute Gasteiger partial charge is 0.368 e. The molecule has 2 aliphatic heterocycles. The molecule has 0 aliphatic carbocycles. The molecule has 1 saturated heterocycles. The molecule has 3 aromatic rings. The Morgan fingerprint density at radius 1 is 1.09 bits per heavy atom. The van der Waals surface area contributed by atoms with Gasteiger partial charge in [-0.2, -0.15) is 10.1 Å². The molecule has 1 aromatic carbocycles. The molecule has 4 heterocycles. The van der Waals surface area contributed by atoms with Gasteiger partial charge in [-0.3, -0.25) is 4.68 Å². The second-order valence-corrected chi connectivity index (χ2v) is 8.74. The van der Waals surface area contributed by atoms with E-state index in [2.05, 4.69) is 73.4 Å². The number of anilines is 2. The van der Waals surface area contributed by atoms with Crippen molar-refractivity contribution in [1.82, 2.24) is 29.5 Å². The summed E-state index contributed by atoms with van der Waals surface area (Å²) in [5, 5.41) is 4.32. The molecule has 0 saturated carbocycles. The van der Waals surface area contributed by atoms with Crippen LogP contribution in [0, 0.1) is 0 Å². The lowest BCUT2D eigenvalue weighted by Crippen LogP contribution is -2.44. The molecule has 5 rings (SSSR count). The smallest absolute Gasteiger partial charge is 0.222 e. The highest BCUT2D eigenvalue weighted by Crippen LogP contribution is 2.29.